The van der Waals surface area contributed by atoms with E-state index >= 15 is 0 Å². The fraction of sp³-hybridized carbons (Fsp3) is 0.417. The van der Waals surface area contributed by atoms with Gasteiger partial charge in [0, 0.05) is 13.2 Å². The summed E-state index contributed by atoms with van der Waals surface area (Å²) in [5.41, 5.74) is 1.54. The van der Waals surface area contributed by atoms with Crippen LogP contribution in [0, 0.1) is 6.92 Å². The van der Waals surface area contributed by atoms with Crippen LogP contribution >= 0.6 is 0 Å². The van der Waals surface area contributed by atoms with Crippen molar-refractivity contribution in [3.8, 4) is 5.75 Å². The molecular weight excluding hydrogens is 206 g/mol. The summed E-state index contributed by atoms with van der Waals surface area (Å²) in [6, 6.07) is 5.45. The number of rotatable bonds is 5. The van der Waals surface area contributed by atoms with Gasteiger partial charge in [0.15, 0.2) is 0 Å². The summed E-state index contributed by atoms with van der Waals surface area (Å²) < 4.78 is 5.12. The molecule has 0 spiro atoms. The number of hydrogen-bond donors (Lipinski definition) is 2. The van der Waals surface area contributed by atoms with E-state index in [2.05, 4.69) is 5.32 Å². The van der Waals surface area contributed by atoms with Crippen LogP contribution in [0.1, 0.15) is 22.3 Å². The molecule has 0 unspecified atom stereocenters. The van der Waals surface area contributed by atoms with Crippen LogP contribution in [0.5, 0.6) is 5.75 Å². The Bertz CT molecular complexity index is 363. The molecule has 16 heavy (non-hydrogen) atoms. The summed E-state index contributed by atoms with van der Waals surface area (Å²) >= 11 is 0. The summed E-state index contributed by atoms with van der Waals surface area (Å²) in [5, 5.41) is 11.3. The van der Waals surface area contributed by atoms with Gasteiger partial charge in [0.05, 0.1) is 12.7 Å². The van der Waals surface area contributed by atoms with Gasteiger partial charge in [0.25, 0.3) is 5.91 Å². The molecule has 0 fully saturated rings. The van der Waals surface area contributed by atoms with Crippen LogP contribution < -0.4 is 10.1 Å². The van der Waals surface area contributed by atoms with Gasteiger partial charge in [-0.15, -0.1) is 0 Å². The molecule has 2 N–H and O–H groups in total. The summed E-state index contributed by atoms with van der Waals surface area (Å²) in [6.45, 7) is 2.46. The van der Waals surface area contributed by atoms with Crippen LogP contribution in [0.2, 0.25) is 0 Å². The Balaban J connectivity index is 2.76. The summed E-state index contributed by atoms with van der Waals surface area (Å²) in [6.07, 6.45) is 0.555. The van der Waals surface area contributed by atoms with Crippen LogP contribution in [-0.2, 0) is 0 Å². The van der Waals surface area contributed by atoms with Gasteiger partial charge < -0.3 is 15.2 Å². The Hall–Kier alpha value is -1.55. The van der Waals surface area contributed by atoms with Gasteiger partial charge in [-0.2, -0.15) is 0 Å². The van der Waals surface area contributed by atoms with Crippen LogP contribution in [0.25, 0.3) is 0 Å². The minimum Gasteiger partial charge on any atom is -0.496 e. The van der Waals surface area contributed by atoms with Crippen molar-refractivity contribution in [2.24, 2.45) is 0 Å². The Morgan fingerprint density at radius 3 is 2.88 bits per heavy atom. The van der Waals surface area contributed by atoms with Crippen molar-refractivity contribution in [1.29, 1.82) is 0 Å². The number of nitrogens with one attached hydrogen (secondary N) is 1. The van der Waals surface area contributed by atoms with E-state index < -0.39 is 0 Å². The number of amides is 1. The van der Waals surface area contributed by atoms with Gasteiger partial charge in [0.1, 0.15) is 5.75 Å². The molecule has 4 nitrogen and oxygen atoms in total. The maximum atomic E-state index is 11.8. The normalized spacial score (nSPS) is 9.94. The summed E-state index contributed by atoms with van der Waals surface area (Å²) in [5.74, 6) is 0.390. The molecule has 0 radical (unpaired) electrons. The van der Waals surface area contributed by atoms with Gasteiger partial charge in [-0.1, -0.05) is 11.6 Å². The number of aryl methyl sites for hydroxylation is 1. The Kier molecular flexibility index (Phi) is 4.79. The average molecular weight is 223 g/mol. The third-order valence-corrected chi connectivity index (χ3v) is 2.22. The van der Waals surface area contributed by atoms with Gasteiger partial charge in [-0.05, 0) is 25.5 Å². The third-order valence-electron chi connectivity index (χ3n) is 2.22. The van der Waals surface area contributed by atoms with Crippen LogP contribution in [0.15, 0.2) is 18.2 Å². The van der Waals surface area contributed by atoms with E-state index in [9.17, 15) is 4.79 Å². The second-order valence-electron chi connectivity index (χ2n) is 3.54. The molecule has 1 rings (SSSR count). The molecule has 0 aromatic heterocycles. The molecule has 1 amide bonds. The first-order chi connectivity index (χ1) is 7.69. The monoisotopic (exact) mass is 223 g/mol. The molecule has 88 valence electrons. The zero-order valence-electron chi connectivity index (χ0n) is 9.62. The van der Waals surface area contributed by atoms with Crippen LogP contribution in [0.4, 0.5) is 0 Å². The lowest BCUT2D eigenvalue weighted by molar-refractivity contribution is 0.0948. The lowest BCUT2D eigenvalue weighted by atomic mass is 10.1. The zero-order chi connectivity index (χ0) is 12.0. The van der Waals surface area contributed by atoms with Crippen molar-refractivity contribution in [3.05, 3.63) is 29.3 Å². The molecule has 0 heterocycles. The first-order valence-electron chi connectivity index (χ1n) is 5.22. The molecule has 0 saturated heterocycles. The van der Waals surface area contributed by atoms with E-state index in [1.165, 1.54) is 7.11 Å². The van der Waals surface area contributed by atoms with E-state index in [0.29, 0.717) is 24.3 Å². The summed E-state index contributed by atoms with van der Waals surface area (Å²) in [4.78, 5) is 11.8. The Morgan fingerprint density at radius 1 is 1.50 bits per heavy atom. The molecule has 0 aliphatic rings. The van der Waals surface area contributed by atoms with Gasteiger partial charge >= 0.3 is 0 Å². The molecule has 4 heteroatoms. The van der Waals surface area contributed by atoms with Crippen molar-refractivity contribution in [1.82, 2.24) is 5.32 Å². The van der Waals surface area contributed by atoms with Crippen molar-refractivity contribution in [2.75, 3.05) is 20.3 Å². The average Bonchev–Trinajstić information content (AvgIpc) is 2.29. The lowest BCUT2D eigenvalue weighted by Gasteiger charge is -2.09. The number of ether oxygens (including phenoxy) is 1. The smallest absolute Gasteiger partial charge is 0.255 e. The van der Waals surface area contributed by atoms with Crippen molar-refractivity contribution < 1.29 is 14.6 Å². The molecule has 1 aromatic rings. The number of benzene rings is 1. The number of hydrogen-bond acceptors (Lipinski definition) is 3. The molecular formula is C12H17NO3. The lowest BCUT2D eigenvalue weighted by Crippen LogP contribution is -2.25. The summed E-state index contributed by atoms with van der Waals surface area (Å²) in [7, 11) is 1.54. The van der Waals surface area contributed by atoms with Crippen molar-refractivity contribution in [2.45, 2.75) is 13.3 Å². The van der Waals surface area contributed by atoms with E-state index in [0.717, 1.165) is 5.56 Å². The molecule has 0 aliphatic heterocycles. The predicted octanol–water partition coefficient (Wildman–Crippen LogP) is 1.12. The number of carbonyl (C=O) groups is 1. The number of methoxy groups -OCH3 is 1. The Morgan fingerprint density at radius 2 is 2.25 bits per heavy atom. The highest BCUT2D eigenvalue weighted by molar-refractivity contribution is 5.97. The number of aliphatic hydroxyl groups is 1. The fourth-order valence-corrected chi connectivity index (χ4v) is 1.38. The largest absolute Gasteiger partial charge is 0.496 e. The molecule has 0 atom stereocenters. The minimum absolute atomic E-state index is 0.0746. The second-order valence-corrected chi connectivity index (χ2v) is 3.54. The van der Waals surface area contributed by atoms with Gasteiger partial charge in [-0.3, -0.25) is 4.79 Å². The molecule has 0 saturated carbocycles. The third kappa shape index (κ3) is 3.24. The van der Waals surface area contributed by atoms with E-state index in [-0.39, 0.29) is 12.5 Å². The first-order valence-corrected chi connectivity index (χ1v) is 5.22. The highest BCUT2D eigenvalue weighted by Gasteiger charge is 2.11. The zero-order valence-corrected chi connectivity index (χ0v) is 9.62. The highest BCUT2D eigenvalue weighted by atomic mass is 16.5. The van der Waals surface area contributed by atoms with Crippen molar-refractivity contribution in [3.63, 3.8) is 0 Å². The SMILES string of the molecule is COc1ccc(C)cc1C(=O)NCCCO. The molecule has 0 bridgehead atoms. The van der Waals surface area contributed by atoms with Crippen LogP contribution in [0.3, 0.4) is 0 Å². The van der Waals surface area contributed by atoms with Crippen molar-refractivity contribution >= 4 is 5.91 Å². The molecule has 1 aromatic carbocycles. The molecule has 0 aliphatic carbocycles. The predicted molar refractivity (Wildman–Crippen MR) is 61.8 cm³/mol. The second kappa shape index (κ2) is 6.12. The quantitative estimate of drug-likeness (QED) is 0.735. The maximum absolute atomic E-state index is 11.8. The first kappa shape index (κ1) is 12.5. The van der Waals surface area contributed by atoms with E-state index in [1.807, 2.05) is 13.0 Å². The Labute approximate surface area is 95.2 Å². The highest BCUT2D eigenvalue weighted by Crippen LogP contribution is 2.19. The fourth-order valence-electron chi connectivity index (χ4n) is 1.38. The van der Waals surface area contributed by atoms with Crippen LogP contribution in [-0.4, -0.2) is 31.3 Å². The number of carbonyl (C=O) groups excluding carboxylic acids is 1. The maximum Gasteiger partial charge on any atom is 0.255 e. The van der Waals surface area contributed by atoms with Gasteiger partial charge in [-0.25, -0.2) is 0 Å². The van der Waals surface area contributed by atoms with E-state index in [1.54, 1.807) is 12.1 Å². The van der Waals surface area contributed by atoms with Gasteiger partial charge in [0.2, 0.25) is 0 Å². The topological polar surface area (TPSA) is 58.6 Å². The number of aliphatic hydroxyl groups excluding tert-OH is 1. The minimum atomic E-state index is -0.172. The van der Waals surface area contributed by atoms with E-state index in [4.69, 9.17) is 9.84 Å². The standard InChI is InChI=1S/C12H17NO3/c1-9-4-5-11(16-2)10(8-9)12(15)13-6-3-7-14/h4-5,8,14H,3,6-7H2,1-2H3,(H,13,15).